The van der Waals surface area contributed by atoms with E-state index in [1.165, 1.54) is 284 Å². The standard InChI is InChI=1S/3C18H40N.H3O4P/c3*1-5-7-9-10-11-12-13-14-16-18-19(3,4)17-15-8-6-2;1-5(2,3)4/h3*5-18H2,1-4H3;(H3,1,2,3,4)/q3*+1;/p-3. The normalized spacial score (nSPS) is 12.0. The van der Waals surface area contributed by atoms with Gasteiger partial charge in [0, 0.05) is 0 Å². The van der Waals surface area contributed by atoms with Gasteiger partial charge in [0.2, 0.25) is 0 Å². The highest BCUT2D eigenvalue weighted by atomic mass is 31.2. The molecule has 7 nitrogen and oxygen atoms in total. The molecular formula is C54H120N3O4P. The number of hydrogen-bond acceptors (Lipinski definition) is 4. The minimum absolute atomic E-state index is 1.23. The molecule has 0 bridgehead atoms. The number of hydrogen-bond donors (Lipinski definition) is 0. The minimum atomic E-state index is -5.39. The molecule has 0 aromatic heterocycles. The summed E-state index contributed by atoms with van der Waals surface area (Å²) in [4.78, 5) is 25.6. The van der Waals surface area contributed by atoms with Gasteiger partial charge in [0.1, 0.15) is 0 Å². The second kappa shape index (κ2) is 50.4. The molecule has 0 saturated heterocycles. The molecule has 0 radical (unpaired) electrons. The molecule has 0 saturated carbocycles. The Hall–Kier alpha value is -0.0100. The van der Waals surface area contributed by atoms with Crippen molar-refractivity contribution in [1.29, 1.82) is 0 Å². The first-order chi connectivity index (χ1) is 29.4. The number of phosphoric acid groups is 1. The molecule has 0 aliphatic carbocycles. The molecule has 0 amide bonds. The molecule has 0 N–H and O–H groups in total. The van der Waals surface area contributed by atoms with E-state index in [4.69, 9.17) is 19.2 Å². The number of quaternary nitrogens is 3. The van der Waals surface area contributed by atoms with E-state index in [9.17, 15) is 0 Å². The van der Waals surface area contributed by atoms with Gasteiger partial charge >= 0.3 is 0 Å². The molecule has 8 heteroatoms. The van der Waals surface area contributed by atoms with Crippen molar-refractivity contribution in [3.8, 4) is 0 Å². The van der Waals surface area contributed by atoms with Crippen molar-refractivity contribution in [3.63, 3.8) is 0 Å². The Morgan fingerprint density at radius 2 is 0.339 bits per heavy atom. The van der Waals surface area contributed by atoms with Crippen molar-refractivity contribution < 1.29 is 32.7 Å². The van der Waals surface area contributed by atoms with E-state index in [1.807, 2.05) is 0 Å². The lowest BCUT2D eigenvalue weighted by Gasteiger charge is -2.36. The summed E-state index contributed by atoms with van der Waals surface area (Å²) in [6, 6.07) is 0. The van der Waals surface area contributed by atoms with E-state index in [1.54, 1.807) is 0 Å². The highest BCUT2D eigenvalue weighted by molar-refractivity contribution is 7.40. The van der Waals surface area contributed by atoms with Crippen LogP contribution in [0.25, 0.3) is 0 Å². The molecule has 0 aromatic carbocycles. The average Bonchev–Trinajstić information content (AvgIpc) is 3.19. The molecule has 0 aliphatic heterocycles. The van der Waals surface area contributed by atoms with Crippen molar-refractivity contribution in [2.24, 2.45) is 0 Å². The zero-order chi connectivity index (χ0) is 47.7. The summed E-state index contributed by atoms with van der Waals surface area (Å²) in [7, 11) is 9.03. The van der Waals surface area contributed by atoms with Crippen LogP contribution in [0, 0.1) is 0 Å². The smallest absolute Gasteiger partial charge is 0.0782 e. The molecule has 380 valence electrons. The summed E-state index contributed by atoms with van der Waals surface area (Å²) < 4.78 is 12.2. The van der Waals surface area contributed by atoms with Crippen LogP contribution < -0.4 is 14.7 Å². The summed E-state index contributed by atoms with van der Waals surface area (Å²) in [6.45, 7) is 22.0. The van der Waals surface area contributed by atoms with Gasteiger partial charge in [0.25, 0.3) is 0 Å². The van der Waals surface area contributed by atoms with E-state index in [2.05, 4.69) is 83.8 Å². The third-order valence-corrected chi connectivity index (χ3v) is 12.7. The summed E-state index contributed by atoms with van der Waals surface area (Å²) in [5, 5.41) is 0. The third kappa shape index (κ3) is 71.6. The summed E-state index contributed by atoms with van der Waals surface area (Å²) in [5.41, 5.74) is 0. The quantitative estimate of drug-likeness (QED) is 0.0347. The van der Waals surface area contributed by atoms with Crippen LogP contribution in [0.15, 0.2) is 0 Å². The third-order valence-electron chi connectivity index (χ3n) is 12.7. The van der Waals surface area contributed by atoms with Crippen LogP contribution in [-0.2, 0) is 4.57 Å². The fraction of sp³-hybridized carbons (Fsp3) is 1.00. The van der Waals surface area contributed by atoms with Crippen LogP contribution in [0.2, 0.25) is 0 Å². The predicted octanol–water partition coefficient (Wildman–Crippen LogP) is 14.5. The number of nitrogens with zero attached hydrogens (tertiary/aromatic N) is 3. The van der Waals surface area contributed by atoms with Crippen molar-refractivity contribution in [3.05, 3.63) is 0 Å². The molecule has 0 atom stereocenters. The van der Waals surface area contributed by atoms with E-state index in [-0.39, 0.29) is 0 Å². The van der Waals surface area contributed by atoms with E-state index in [0.717, 1.165) is 0 Å². The van der Waals surface area contributed by atoms with Gasteiger partial charge in [-0.15, -0.1) is 0 Å². The van der Waals surface area contributed by atoms with Gasteiger partial charge in [-0.3, -0.25) is 0 Å². The van der Waals surface area contributed by atoms with Crippen molar-refractivity contribution in [2.75, 3.05) is 81.6 Å². The largest absolute Gasteiger partial charge is 0.822 e. The topological polar surface area (TPSA) is 86.2 Å². The van der Waals surface area contributed by atoms with E-state index in [0.29, 0.717) is 0 Å². The molecular weight excluding hydrogens is 786 g/mol. The maximum Gasteiger partial charge on any atom is 0.0782 e. The Labute approximate surface area is 393 Å². The molecule has 0 aliphatic rings. The molecule has 0 heterocycles. The van der Waals surface area contributed by atoms with Crippen LogP contribution in [-0.4, -0.2) is 95.0 Å². The van der Waals surface area contributed by atoms with Gasteiger partial charge < -0.3 is 32.7 Å². The van der Waals surface area contributed by atoms with Crippen molar-refractivity contribution >= 4 is 7.82 Å². The molecule has 0 spiro atoms. The lowest BCUT2D eigenvalue weighted by Crippen LogP contribution is -2.41. The Bertz CT molecular complexity index is 776. The first kappa shape index (κ1) is 68.6. The van der Waals surface area contributed by atoms with Gasteiger partial charge in [-0.1, -0.05) is 196 Å². The molecule has 0 rings (SSSR count). The van der Waals surface area contributed by atoms with E-state index >= 15 is 0 Å². The number of rotatable bonds is 42. The van der Waals surface area contributed by atoms with Gasteiger partial charge in [-0.25, -0.2) is 0 Å². The molecule has 0 unspecified atom stereocenters. The van der Waals surface area contributed by atoms with Crippen molar-refractivity contribution in [2.45, 2.75) is 273 Å². The highest BCUT2D eigenvalue weighted by Crippen LogP contribution is 2.15. The fourth-order valence-corrected chi connectivity index (χ4v) is 8.26. The second-order valence-electron chi connectivity index (χ2n) is 21.2. The van der Waals surface area contributed by atoms with Crippen LogP contribution >= 0.6 is 7.82 Å². The van der Waals surface area contributed by atoms with Gasteiger partial charge in [0.05, 0.1) is 81.6 Å². The average molecular weight is 907 g/mol. The van der Waals surface area contributed by atoms with Crippen molar-refractivity contribution in [1.82, 2.24) is 0 Å². The van der Waals surface area contributed by atoms with Crippen LogP contribution in [0.4, 0.5) is 0 Å². The lowest BCUT2D eigenvalue weighted by molar-refractivity contribution is -0.890. The number of unbranched alkanes of at least 4 members (excludes halogenated alkanes) is 30. The highest BCUT2D eigenvalue weighted by Gasteiger charge is 2.15. The lowest BCUT2D eigenvalue weighted by atomic mass is 10.1. The summed E-state index contributed by atoms with van der Waals surface area (Å²) in [6.07, 6.45) is 51.4. The maximum absolute atomic E-state index is 8.55. The fourth-order valence-electron chi connectivity index (χ4n) is 8.26. The Kier molecular flexibility index (Phi) is 55.7. The van der Waals surface area contributed by atoms with E-state index < -0.39 is 7.82 Å². The monoisotopic (exact) mass is 906 g/mol. The Balaban J connectivity index is -0.000000385. The van der Waals surface area contributed by atoms with Crippen LogP contribution in [0.1, 0.15) is 273 Å². The Morgan fingerprint density at radius 3 is 0.484 bits per heavy atom. The van der Waals surface area contributed by atoms with Gasteiger partial charge in [-0.05, 0) is 77.0 Å². The molecule has 0 fully saturated rings. The first-order valence-electron chi connectivity index (χ1n) is 27.6. The van der Waals surface area contributed by atoms with Gasteiger partial charge in [0.15, 0.2) is 0 Å². The molecule has 62 heavy (non-hydrogen) atoms. The summed E-state index contributed by atoms with van der Waals surface area (Å²) >= 11 is 0. The Morgan fingerprint density at radius 1 is 0.242 bits per heavy atom. The minimum Gasteiger partial charge on any atom is -0.822 e. The second-order valence-corrected chi connectivity index (χ2v) is 22.1. The SMILES string of the molecule is CCCCCCCCCCC[N+](C)(C)CCCCC.CCCCCCCCCCC[N+](C)(C)CCCCC.CCCCCCCCCCC[N+](C)(C)CCCCC.O=P([O-])([O-])[O-]. The zero-order valence-corrected chi connectivity index (χ0v) is 46.0. The summed E-state index contributed by atoms with van der Waals surface area (Å²) in [5.74, 6) is 0. The predicted molar refractivity (Wildman–Crippen MR) is 273 cm³/mol. The molecule has 0 aromatic rings. The first-order valence-corrected chi connectivity index (χ1v) is 29.0. The zero-order valence-electron chi connectivity index (χ0n) is 45.1. The van der Waals surface area contributed by atoms with Crippen LogP contribution in [0.3, 0.4) is 0 Å². The van der Waals surface area contributed by atoms with Crippen LogP contribution in [0.5, 0.6) is 0 Å². The van der Waals surface area contributed by atoms with Gasteiger partial charge in [-0.2, -0.15) is 7.82 Å². The maximum atomic E-state index is 8.55.